The van der Waals surface area contributed by atoms with E-state index in [1.165, 1.54) is 15.5 Å². The fraction of sp³-hybridized carbons (Fsp3) is 0.643. The van der Waals surface area contributed by atoms with Gasteiger partial charge in [0.2, 0.25) is 17.7 Å². The average Bonchev–Trinajstić information content (AvgIpc) is 1.73. The predicted octanol–water partition coefficient (Wildman–Crippen LogP) is 9.91. The molecule has 2 fully saturated rings. The number of H-pyrrole nitrogens is 1. The van der Waals surface area contributed by atoms with Gasteiger partial charge in [-0.05, 0) is 104 Å². The zero-order valence-electron chi connectivity index (χ0n) is 57.9. The van der Waals surface area contributed by atoms with Gasteiger partial charge in [0.15, 0.2) is 5.82 Å². The van der Waals surface area contributed by atoms with Crippen molar-refractivity contribution in [3.63, 3.8) is 0 Å². The number of nitrogens with zero attached hydrogens (tertiary/aromatic N) is 7. The molecule has 0 radical (unpaired) electrons. The number of amides is 4. The van der Waals surface area contributed by atoms with Crippen LogP contribution in [-0.4, -0.2) is 205 Å². The predicted molar refractivity (Wildman–Crippen MR) is 368 cm³/mol. The zero-order valence-corrected chi connectivity index (χ0v) is 59.6. The number of hydrogen-bond donors (Lipinski definition) is 5. The lowest BCUT2D eigenvalue weighted by molar-refractivity contribution is -0.148. The van der Waals surface area contributed by atoms with Crippen molar-refractivity contribution in [3.8, 4) is 28.6 Å². The van der Waals surface area contributed by atoms with Gasteiger partial charge in [-0.15, -0.1) is 0 Å². The normalized spacial score (nSPS) is 18.0. The first-order chi connectivity index (χ1) is 44.0. The van der Waals surface area contributed by atoms with Crippen LogP contribution in [0.2, 0.25) is 0 Å². The number of ketones is 1. The number of aromatic hydroxyl groups is 2. The van der Waals surface area contributed by atoms with E-state index >= 15 is 0 Å². The fourth-order valence-corrected chi connectivity index (χ4v) is 15.4. The summed E-state index contributed by atoms with van der Waals surface area (Å²) in [6.45, 7) is 29.5. The van der Waals surface area contributed by atoms with Crippen LogP contribution in [-0.2, 0) is 39.9 Å². The summed E-state index contributed by atoms with van der Waals surface area (Å²) in [6, 6.07) is 17.2. The molecule has 3 aromatic carbocycles. The van der Waals surface area contributed by atoms with Crippen LogP contribution in [0.25, 0.3) is 17.1 Å². The third kappa shape index (κ3) is 20.1. The molecule has 2 saturated heterocycles. The van der Waals surface area contributed by atoms with Crippen molar-refractivity contribution in [1.82, 2.24) is 44.6 Å². The van der Waals surface area contributed by atoms with Crippen LogP contribution in [0.4, 0.5) is 4.79 Å². The molecule has 0 unspecified atom stereocenters. The molecule has 93 heavy (non-hydrogen) atoms. The van der Waals surface area contributed by atoms with Gasteiger partial charge in [0.1, 0.15) is 36.0 Å². The second-order valence-corrected chi connectivity index (χ2v) is 30.3. The van der Waals surface area contributed by atoms with E-state index in [0.717, 1.165) is 63.2 Å². The van der Waals surface area contributed by atoms with Crippen LogP contribution in [0.3, 0.4) is 0 Å². The Morgan fingerprint density at radius 1 is 0.817 bits per heavy atom. The van der Waals surface area contributed by atoms with Crippen molar-refractivity contribution in [2.24, 2.45) is 29.6 Å². The number of carbonyl (C=O) groups is 5. The highest BCUT2D eigenvalue weighted by Crippen LogP contribution is 2.40. The van der Waals surface area contributed by atoms with Crippen LogP contribution >= 0.6 is 21.6 Å². The van der Waals surface area contributed by atoms with Crippen LogP contribution < -0.4 is 11.0 Å². The lowest BCUT2D eigenvalue weighted by atomic mass is 9.85. The number of carbonyl (C=O) groups excluding carboxylic acids is 5. The van der Waals surface area contributed by atoms with E-state index < -0.39 is 60.0 Å². The minimum atomic E-state index is -0.970. The number of aromatic nitrogens is 3. The number of aliphatic hydroxyl groups excluding tert-OH is 1. The van der Waals surface area contributed by atoms with E-state index in [1.54, 1.807) is 65.8 Å². The molecule has 516 valence electrons. The van der Waals surface area contributed by atoms with E-state index in [1.807, 2.05) is 124 Å². The maximum Gasteiger partial charge on any atom is 0.410 e. The number of aliphatic hydroxyl groups is 1. The fourth-order valence-electron chi connectivity index (χ4n) is 13.0. The van der Waals surface area contributed by atoms with Crippen LogP contribution in [0.15, 0.2) is 71.5 Å². The largest absolute Gasteiger partial charge is 0.508 e. The number of nitrogens with one attached hydrogen (secondary N) is 2. The molecule has 2 aliphatic rings. The summed E-state index contributed by atoms with van der Waals surface area (Å²) >= 11 is 0. The number of likely N-dealkylation sites (N-methyl/N-ethyl adjacent to an activating group) is 2. The number of hydrogen-bond acceptors (Lipinski definition) is 17. The van der Waals surface area contributed by atoms with Crippen LogP contribution in [0, 0.1) is 29.6 Å². The van der Waals surface area contributed by atoms with Crippen molar-refractivity contribution >= 4 is 51.2 Å². The van der Waals surface area contributed by atoms with Gasteiger partial charge in [-0.1, -0.05) is 140 Å². The second-order valence-electron chi connectivity index (χ2n) is 27.2. The molecule has 6 rings (SSSR count). The highest BCUT2D eigenvalue weighted by Gasteiger charge is 2.44. The van der Waals surface area contributed by atoms with Gasteiger partial charge in [-0.2, -0.15) is 5.10 Å². The van der Waals surface area contributed by atoms with Crippen molar-refractivity contribution in [2.75, 3.05) is 79.9 Å². The van der Waals surface area contributed by atoms with Crippen molar-refractivity contribution in [2.45, 2.75) is 181 Å². The number of likely N-dealkylation sites (tertiary alicyclic amines) is 1. The smallest absolute Gasteiger partial charge is 0.410 e. The molecule has 2 aliphatic heterocycles. The molecule has 0 aliphatic carbocycles. The van der Waals surface area contributed by atoms with Gasteiger partial charge in [0.05, 0.1) is 48.1 Å². The highest BCUT2D eigenvalue weighted by atomic mass is 33.1. The highest BCUT2D eigenvalue weighted by molar-refractivity contribution is 8.77. The molecular formula is C70H107N9O12S2. The molecule has 0 saturated carbocycles. The van der Waals surface area contributed by atoms with Gasteiger partial charge in [0.25, 0.3) is 0 Å². The molecule has 4 aromatic rings. The molecule has 1 aromatic heterocycles. The molecular weight excluding hydrogens is 1220 g/mol. The number of benzene rings is 3. The Morgan fingerprint density at radius 2 is 1.47 bits per heavy atom. The molecule has 23 heteroatoms. The minimum Gasteiger partial charge on any atom is -0.508 e. The van der Waals surface area contributed by atoms with E-state index in [2.05, 4.69) is 39.2 Å². The van der Waals surface area contributed by atoms with Gasteiger partial charge in [-0.25, -0.2) is 19.3 Å². The maximum atomic E-state index is 14.8. The number of ether oxygens (including phenoxy) is 3. The van der Waals surface area contributed by atoms with E-state index in [0.29, 0.717) is 42.0 Å². The van der Waals surface area contributed by atoms with Gasteiger partial charge in [0, 0.05) is 96.5 Å². The van der Waals surface area contributed by atoms with Crippen LogP contribution in [0.5, 0.6) is 11.5 Å². The summed E-state index contributed by atoms with van der Waals surface area (Å²) in [5, 5.41) is 41.9. The first-order valence-electron chi connectivity index (χ1n) is 33.2. The van der Waals surface area contributed by atoms with Crippen LogP contribution in [0.1, 0.15) is 150 Å². The Morgan fingerprint density at radius 3 is 2.08 bits per heavy atom. The Kier molecular flexibility index (Phi) is 28.8. The molecule has 10 atom stereocenters. The summed E-state index contributed by atoms with van der Waals surface area (Å²) in [6.07, 6.45) is 0.404. The Hall–Kier alpha value is -5.95. The van der Waals surface area contributed by atoms with E-state index in [-0.39, 0.29) is 94.7 Å². The molecule has 21 nitrogen and oxygen atoms in total. The standard InChI is InChI=1S/C70H107N9O12S2/c1-17-46(8)62(58(89-15)41-59(83)78-30-21-24-54(78)64(90-16)48(10)55(80)38-47(9)63(84)50-22-19-18-20-23-50)74(13)67(86)60(44(4)5)71-66(85)61(45(6)7)75(14)69(88)91-36-37-92-93-70(11,12)29-31-76-32-34-77(35-33-76)42-49-25-27-51(28-26-49)79-65(72-73-68(79)87)53-39-52(43(2)3)56(81)40-57(53)82/h18-20,22-23,25-28,39-40,43-48,54,58,60-64,81-82,84H,17,21,24,29-38,41-42H2,1-16H3,(H,71,85)(H,73,87)/t46-,47-,48-,54-,58+,60-,61-,62-,63+,64+/m0/s1. The quantitative estimate of drug-likeness (QED) is 0.0215. The third-order valence-corrected chi connectivity index (χ3v) is 22.2. The molecule has 3 heterocycles. The number of Topliss-reactive ketones (excluding diaryl/α,β-unsaturated/α-hetero) is 1. The average molecular weight is 1330 g/mol. The molecule has 0 bridgehead atoms. The number of piperazine rings is 1. The lowest BCUT2D eigenvalue weighted by Gasteiger charge is -2.41. The first kappa shape index (κ1) is 76.1. The number of methoxy groups -OCH3 is 2. The SMILES string of the molecule is CC[C@H](C)[C@@H]([C@@H](CC(=O)N1CCC[C@H]1[C@H](OC)[C@@H](C)C(=O)C[C@H](C)[C@@H](O)c1ccccc1)OC)N(C)C(=O)[C@@H](NC(=O)[C@H](C(C)C)N(C)C(=O)OCCSSC(C)(C)CCN1CCN(Cc2ccc(-n3c(-c4cc(C(C)C)c(O)cc4O)n[nH]c3=O)cc2)CC1)C(C)C. The molecule has 4 amide bonds. The number of phenols is 2. The Labute approximate surface area is 559 Å². The monoisotopic (exact) mass is 1330 g/mol. The number of rotatable bonds is 34. The van der Waals surface area contributed by atoms with Crippen molar-refractivity contribution < 1.29 is 53.5 Å². The summed E-state index contributed by atoms with van der Waals surface area (Å²) in [4.78, 5) is 93.7. The molecule has 0 spiro atoms. The Balaban J connectivity index is 0.945. The molecule has 5 N–H and O–H groups in total. The van der Waals surface area contributed by atoms with E-state index in [9.17, 15) is 44.1 Å². The van der Waals surface area contributed by atoms with Gasteiger partial charge < -0.3 is 49.5 Å². The number of phenolic OH excluding ortho intramolecular Hbond substituents is 2. The summed E-state index contributed by atoms with van der Waals surface area (Å²) in [5.41, 5.74) is 3.01. The first-order valence-corrected chi connectivity index (χ1v) is 35.5. The maximum absolute atomic E-state index is 14.8. The minimum absolute atomic E-state index is 0.0124. The summed E-state index contributed by atoms with van der Waals surface area (Å²) < 4.78 is 19.3. The lowest BCUT2D eigenvalue weighted by Crippen LogP contribution is -2.60. The summed E-state index contributed by atoms with van der Waals surface area (Å²) in [7, 11) is 9.75. The van der Waals surface area contributed by atoms with Crippen molar-refractivity contribution in [3.05, 3.63) is 93.9 Å². The second kappa shape index (κ2) is 35.2. The van der Waals surface area contributed by atoms with Gasteiger partial charge in [-0.3, -0.25) is 29.0 Å². The van der Waals surface area contributed by atoms with E-state index in [4.69, 9.17) is 14.2 Å². The third-order valence-electron chi connectivity index (χ3n) is 18.8. The topological polar surface area (TPSA) is 253 Å². The number of aromatic amines is 1. The van der Waals surface area contributed by atoms with Crippen molar-refractivity contribution in [1.29, 1.82) is 0 Å². The summed E-state index contributed by atoms with van der Waals surface area (Å²) in [5.74, 6) is -2.12. The Bertz CT molecular complexity index is 3120. The zero-order chi connectivity index (χ0) is 68.6. The van der Waals surface area contributed by atoms with Gasteiger partial charge >= 0.3 is 11.8 Å².